The van der Waals surface area contributed by atoms with Crippen LogP contribution in [0.4, 0.5) is 0 Å². The van der Waals surface area contributed by atoms with Crippen molar-refractivity contribution in [2.75, 3.05) is 26.3 Å². The number of nitrogens with zero attached hydrogens (tertiary/aromatic N) is 1. The van der Waals surface area contributed by atoms with Crippen LogP contribution in [-0.4, -0.2) is 37.1 Å². The third-order valence-electron chi connectivity index (χ3n) is 3.48. The highest BCUT2D eigenvalue weighted by Gasteiger charge is 2.22. The lowest BCUT2D eigenvalue weighted by Gasteiger charge is -2.19. The van der Waals surface area contributed by atoms with E-state index in [0.717, 1.165) is 30.0 Å². The van der Waals surface area contributed by atoms with Gasteiger partial charge in [-0.05, 0) is 18.1 Å². The molecule has 0 saturated carbocycles. The molecule has 21 heavy (non-hydrogen) atoms. The summed E-state index contributed by atoms with van der Waals surface area (Å²) < 4.78 is 5.95. The second kappa shape index (κ2) is 6.60. The van der Waals surface area contributed by atoms with E-state index in [-0.39, 0.29) is 5.91 Å². The van der Waals surface area contributed by atoms with E-state index in [9.17, 15) is 4.79 Å². The molecule has 5 heteroatoms. The zero-order chi connectivity index (χ0) is 14.7. The third kappa shape index (κ3) is 3.28. The van der Waals surface area contributed by atoms with Gasteiger partial charge < -0.3 is 9.64 Å². The summed E-state index contributed by atoms with van der Waals surface area (Å²) in [5, 5.41) is 0. The number of carbonyl (C=O) groups is 1. The lowest BCUT2D eigenvalue weighted by molar-refractivity contribution is 0.0742. The van der Waals surface area contributed by atoms with Crippen molar-refractivity contribution in [2.45, 2.75) is 6.42 Å². The first-order chi connectivity index (χ1) is 10.3. The number of carbonyl (C=O) groups excluding carboxylic acids is 1. The number of amides is 1. The first-order valence-corrected chi connectivity index (χ1v) is 8.17. The second-order valence-corrected chi connectivity index (χ2v) is 6.58. The van der Waals surface area contributed by atoms with Gasteiger partial charge in [-0.15, -0.1) is 11.3 Å². The fourth-order valence-corrected chi connectivity index (χ4v) is 3.64. The van der Waals surface area contributed by atoms with E-state index in [1.807, 2.05) is 41.3 Å². The van der Waals surface area contributed by atoms with Crippen molar-refractivity contribution in [3.63, 3.8) is 0 Å². The Morgan fingerprint density at radius 3 is 2.81 bits per heavy atom. The van der Waals surface area contributed by atoms with Gasteiger partial charge in [0.25, 0.3) is 5.91 Å². The normalized spacial score (nSPS) is 15.8. The van der Waals surface area contributed by atoms with Gasteiger partial charge in [-0.25, -0.2) is 0 Å². The summed E-state index contributed by atoms with van der Waals surface area (Å²) in [5.41, 5.74) is 1.69. The summed E-state index contributed by atoms with van der Waals surface area (Å²) in [6, 6.07) is 11.9. The maximum absolute atomic E-state index is 12.6. The zero-order valence-electron chi connectivity index (χ0n) is 11.5. The Balaban J connectivity index is 1.85. The minimum absolute atomic E-state index is 0.00364. The van der Waals surface area contributed by atoms with Gasteiger partial charge in [0.05, 0.1) is 12.2 Å². The highest BCUT2D eigenvalue weighted by atomic mass is 35.5. The van der Waals surface area contributed by atoms with Gasteiger partial charge in [-0.2, -0.15) is 0 Å². The predicted molar refractivity (Wildman–Crippen MR) is 86.1 cm³/mol. The Kier molecular flexibility index (Phi) is 4.58. The molecule has 0 radical (unpaired) electrons. The molecule has 2 aromatic rings. The van der Waals surface area contributed by atoms with E-state index < -0.39 is 0 Å². The molecule has 0 spiro atoms. The first-order valence-electron chi connectivity index (χ1n) is 6.97. The molecular formula is C16H16ClNO2S. The maximum Gasteiger partial charge on any atom is 0.256 e. The molecule has 1 aromatic heterocycles. The van der Waals surface area contributed by atoms with E-state index >= 15 is 0 Å². The molecule has 1 amide bonds. The largest absolute Gasteiger partial charge is 0.380 e. The Morgan fingerprint density at radius 2 is 2.00 bits per heavy atom. The lowest BCUT2D eigenvalue weighted by Crippen LogP contribution is -2.33. The lowest BCUT2D eigenvalue weighted by atomic mass is 10.1. The highest BCUT2D eigenvalue weighted by Crippen LogP contribution is 2.35. The molecule has 0 aliphatic carbocycles. The fourth-order valence-electron chi connectivity index (χ4n) is 2.38. The molecule has 0 bridgehead atoms. The van der Waals surface area contributed by atoms with Crippen LogP contribution < -0.4 is 0 Å². The maximum atomic E-state index is 12.6. The molecule has 1 fully saturated rings. The second-order valence-electron chi connectivity index (χ2n) is 4.92. The number of hydrogen-bond acceptors (Lipinski definition) is 3. The minimum atomic E-state index is 0.00364. The van der Waals surface area contributed by atoms with Gasteiger partial charge in [-0.1, -0.05) is 41.9 Å². The molecule has 0 N–H and O–H groups in total. The van der Waals surface area contributed by atoms with Crippen molar-refractivity contribution in [3.05, 3.63) is 46.3 Å². The standard InChI is InChI=1S/C16H16ClNO2S/c17-15-13(16(19)18-7-4-9-20-10-8-18)11-14(21-15)12-5-2-1-3-6-12/h1-3,5-6,11H,4,7-10H2. The molecule has 0 unspecified atom stereocenters. The summed E-state index contributed by atoms with van der Waals surface area (Å²) >= 11 is 7.74. The van der Waals surface area contributed by atoms with Crippen molar-refractivity contribution >= 4 is 28.8 Å². The highest BCUT2D eigenvalue weighted by molar-refractivity contribution is 7.19. The molecule has 110 valence electrons. The molecule has 1 aliphatic rings. The van der Waals surface area contributed by atoms with Crippen LogP contribution in [0.2, 0.25) is 4.34 Å². The Morgan fingerprint density at radius 1 is 1.19 bits per heavy atom. The van der Waals surface area contributed by atoms with Gasteiger partial charge in [-0.3, -0.25) is 4.79 Å². The van der Waals surface area contributed by atoms with E-state index in [0.29, 0.717) is 23.1 Å². The quantitative estimate of drug-likeness (QED) is 0.838. The van der Waals surface area contributed by atoms with Crippen LogP contribution in [0.3, 0.4) is 0 Å². The van der Waals surface area contributed by atoms with Gasteiger partial charge >= 0.3 is 0 Å². The van der Waals surface area contributed by atoms with E-state index in [2.05, 4.69) is 0 Å². The van der Waals surface area contributed by atoms with Gasteiger partial charge in [0, 0.05) is 24.6 Å². The van der Waals surface area contributed by atoms with Crippen LogP contribution in [0.5, 0.6) is 0 Å². The Labute approximate surface area is 133 Å². The van der Waals surface area contributed by atoms with Crippen molar-refractivity contribution in [1.82, 2.24) is 4.90 Å². The number of hydrogen-bond donors (Lipinski definition) is 0. The average Bonchev–Trinajstić information content (AvgIpc) is 2.74. The smallest absolute Gasteiger partial charge is 0.256 e. The first kappa shape index (κ1) is 14.6. The number of ether oxygens (including phenoxy) is 1. The summed E-state index contributed by atoms with van der Waals surface area (Å²) in [4.78, 5) is 15.5. The molecule has 0 atom stereocenters. The SMILES string of the molecule is O=C(c1cc(-c2ccccc2)sc1Cl)N1CCCOCC1. The number of rotatable bonds is 2. The zero-order valence-corrected chi connectivity index (χ0v) is 13.1. The van der Waals surface area contributed by atoms with Gasteiger partial charge in [0.2, 0.25) is 0 Å². The minimum Gasteiger partial charge on any atom is -0.380 e. The molecule has 1 saturated heterocycles. The van der Waals surface area contributed by atoms with E-state index in [1.54, 1.807) is 0 Å². The van der Waals surface area contributed by atoms with Crippen molar-refractivity contribution in [1.29, 1.82) is 0 Å². The number of halogens is 1. The van der Waals surface area contributed by atoms with Crippen LogP contribution in [-0.2, 0) is 4.74 Å². The van der Waals surface area contributed by atoms with Crippen LogP contribution in [0.25, 0.3) is 10.4 Å². The monoisotopic (exact) mass is 321 g/mol. The predicted octanol–water partition coefficient (Wildman–Crippen LogP) is 3.93. The molecule has 2 heterocycles. The summed E-state index contributed by atoms with van der Waals surface area (Å²) in [7, 11) is 0. The number of thiophene rings is 1. The van der Waals surface area contributed by atoms with E-state index in [4.69, 9.17) is 16.3 Å². The van der Waals surface area contributed by atoms with E-state index in [1.165, 1.54) is 11.3 Å². The van der Waals surface area contributed by atoms with Crippen molar-refractivity contribution in [3.8, 4) is 10.4 Å². The molecule has 3 rings (SSSR count). The fraction of sp³-hybridized carbons (Fsp3) is 0.312. The topological polar surface area (TPSA) is 29.5 Å². The Bertz CT molecular complexity index is 618. The number of benzene rings is 1. The van der Waals surface area contributed by atoms with Crippen LogP contribution in [0.1, 0.15) is 16.8 Å². The average molecular weight is 322 g/mol. The molecular weight excluding hydrogens is 306 g/mol. The van der Waals surface area contributed by atoms with Gasteiger partial charge in [0.15, 0.2) is 0 Å². The summed E-state index contributed by atoms with van der Waals surface area (Å²) in [6.07, 6.45) is 0.874. The van der Waals surface area contributed by atoms with Crippen molar-refractivity contribution in [2.24, 2.45) is 0 Å². The third-order valence-corrected chi connectivity index (χ3v) is 4.89. The van der Waals surface area contributed by atoms with Crippen LogP contribution >= 0.6 is 22.9 Å². The molecule has 3 nitrogen and oxygen atoms in total. The summed E-state index contributed by atoms with van der Waals surface area (Å²) in [5.74, 6) is 0.00364. The van der Waals surface area contributed by atoms with Crippen LogP contribution in [0, 0.1) is 0 Å². The molecule has 1 aliphatic heterocycles. The summed E-state index contributed by atoms with van der Waals surface area (Å²) in [6.45, 7) is 2.67. The van der Waals surface area contributed by atoms with Crippen LogP contribution in [0.15, 0.2) is 36.4 Å². The van der Waals surface area contributed by atoms with Crippen molar-refractivity contribution < 1.29 is 9.53 Å². The molecule has 1 aromatic carbocycles. The Hall–Kier alpha value is -1.36. The van der Waals surface area contributed by atoms with Gasteiger partial charge in [0.1, 0.15) is 4.34 Å².